The van der Waals surface area contributed by atoms with Gasteiger partial charge in [-0.25, -0.2) is 0 Å². The van der Waals surface area contributed by atoms with Crippen LogP contribution in [0.25, 0.3) is 10.9 Å². The van der Waals surface area contributed by atoms with Gasteiger partial charge < -0.3 is 5.73 Å². The summed E-state index contributed by atoms with van der Waals surface area (Å²) in [5.41, 5.74) is 8.58. The average molecular weight is 255 g/mol. The lowest BCUT2D eigenvalue weighted by Crippen LogP contribution is -2.47. The fourth-order valence-corrected chi connectivity index (χ4v) is 2.79. The molecule has 2 atom stereocenters. The number of nitrogens with zero attached hydrogens (tertiary/aromatic N) is 2. The summed E-state index contributed by atoms with van der Waals surface area (Å²) in [6, 6.07) is 11.0. The number of hydrogen-bond acceptors (Lipinski definition) is 3. The second-order valence-electron chi connectivity index (χ2n) is 5.70. The number of piperidine rings is 1. The molecule has 0 aliphatic carbocycles. The number of benzene rings is 1. The van der Waals surface area contributed by atoms with E-state index in [9.17, 15) is 0 Å². The number of pyridine rings is 1. The molecule has 1 aromatic heterocycles. The number of nitrogens with two attached hydrogens (primary N) is 1. The van der Waals surface area contributed by atoms with Crippen molar-refractivity contribution in [3.63, 3.8) is 0 Å². The molecule has 0 saturated carbocycles. The van der Waals surface area contributed by atoms with Crippen LogP contribution in [0, 0.1) is 5.92 Å². The third-order valence-electron chi connectivity index (χ3n) is 4.17. The Labute approximate surface area is 114 Å². The summed E-state index contributed by atoms with van der Waals surface area (Å²) in [6.45, 7) is 5.40. The van der Waals surface area contributed by atoms with Gasteiger partial charge in [0, 0.05) is 30.7 Å². The molecule has 19 heavy (non-hydrogen) atoms. The van der Waals surface area contributed by atoms with Gasteiger partial charge in [-0.05, 0) is 42.6 Å². The van der Waals surface area contributed by atoms with Crippen LogP contribution in [0.15, 0.2) is 36.5 Å². The van der Waals surface area contributed by atoms with Gasteiger partial charge in [-0.15, -0.1) is 0 Å². The van der Waals surface area contributed by atoms with Gasteiger partial charge >= 0.3 is 0 Å². The molecule has 100 valence electrons. The summed E-state index contributed by atoms with van der Waals surface area (Å²) in [7, 11) is 0. The molecule has 0 amide bonds. The Morgan fingerprint density at radius 3 is 3.11 bits per heavy atom. The van der Waals surface area contributed by atoms with E-state index in [0.29, 0.717) is 12.0 Å². The first-order valence-corrected chi connectivity index (χ1v) is 7.04. The zero-order chi connectivity index (χ0) is 13.2. The zero-order valence-corrected chi connectivity index (χ0v) is 11.4. The van der Waals surface area contributed by atoms with Crippen molar-refractivity contribution in [2.24, 2.45) is 11.7 Å². The van der Waals surface area contributed by atoms with Crippen LogP contribution < -0.4 is 5.73 Å². The molecule has 3 heteroatoms. The van der Waals surface area contributed by atoms with Crippen molar-refractivity contribution in [1.29, 1.82) is 0 Å². The fraction of sp³-hybridized carbons (Fsp3) is 0.438. The van der Waals surface area contributed by atoms with Gasteiger partial charge in [-0.1, -0.05) is 19.1 Å². The quantitative estimate of drug-likeness (QED) is 0.896. The van der Waals surface area contributed by atoms with Crippen molar-refractivity contribution >= 4 is 10.9 Å². The second-order valence-corrected chi connectivity index (χ2v) is 5.70. The Balaban J connectivity index is 1.74. The number of aromatic nitrogens is 1. The van der Waals surface area contributed by atoms with Crippen molar-refractivity contribution < 1.29 is 0 Å². The van der Waals surface area contributed by atoms with E-state index in [1.54, 1.807) is 0 Å². The summed E-state index contributed by atoms with van der Waals surface area (Å²) in [4.78, 5) is 6.82. The maximum Gasteiger partial charge on any atom is 0.0702 e. The van der Waals surface area contributed by atoms with E-state index in [-0.39, 0.29) is 0 Å². The van der Waals surface area contributed by atoms with E-state index in [1.165, 1.54) is 17.4 Å². The Morgan fingerprint density at radius 1 is 1.37 bits per heavy atom. The molecular formula is C16H21N3. The lowest BCUT2D eigenvalue weighted by atomic mass is 9.94. The van der Waals surface area contributed by atoms with E-state index in [4.69, 9.17) is 5.73 Å². The van der Waals surface area contributed by atoms with E-state index in [0.717, 1.165) is 25.2 Å². The second kappa shape index (κ2) is 5.27. The van der Waals surface area contributed by atoms with Crippen LogP contribution in [0.1, 0.15) is 18.9 Å². The van der Waals surface area contributed by atoms with Gasteiger partial charge in [-0.2, -0.15) is 0 Å². The largest absolute Gasteiger partial charge is 0.326 e. The third-order valence-corrected chi connectivity index (χ3v) is 4.17. The number of hydrogen-bond donors (Lipinski definition) is 1. The van der Waals surface area contributed by atoms with Gasteiger partial charge in [0.05, 0.1) is 5.52 Å². The lowest BCUT2D eigenvalue weighted by molar-refractivity contribution is 0.162. The van der Waals surface area contributed by atoms with Gasteiger partial charge in [0.1, 0.15) is 0 Å². The summed E-state index contributed by atoms with van der Waals surface area (Å²) < 4.78 is 0. The van der Waals surface area contributed by atoms with Crippen molar-refractivity contribution in [2.45, 2.75) is 25.9 Å². The van der Waals surface area contributed by atoms with Crippen molar-refractivity contribution in [2.75, 3.05) is 13.1 Å². The molecule has 0 spiro atoms. The minimum atomic E-state index is 0.316. The highest BCUT2D eigenvalue weighted by Gasteiger charge is 2.22. The van der Waals surface area contributed by atoms with Gasteiger partial charge in [-0.3, -0.25) is 9.88 Å². The normalized spacial score (nSPS) is 24.7. The van der Waals surface area contributed by atoms with Gasteiger partial charge in [0.15, 0.2) is 0 Å². The summed E-state index contributed by atoms with van der Waals surface area (Å²) >= 11 is 0. The first kappa shape index (κ1) is 12.6. The molecule has 2 aromatic rings. The molecule has 2 heterocycles. The predicted molar refractivity (Wildman–Crippen MR) is 78.8 cm³/mol. The minimum absolute atomic E-state index is 0.316. The van der Waals surface area contributed by atoms with Gasteiger partial charge in [0.2, 0.25) is 0 Å². The van der Waals surface area contributed by atoms with Crippen LogP contribution in [0.2, 0.25) is 0 Å². The summed E-state index contributed by atoms with van der Waals surface area (Å²) in [5, 5.41) is 1.22. The topological polar surface area (TPSA) is 42.2 Å². The summed E-state index contributed by atoms with van der Waals surface area (Å²) in [5.74, 6) is 0.650. The Hall–Kier alpha value is -1.45. The van der Waals surface area contributed by atoms with Gasteiger partial charge in [0.25, 0.3) is 0 Å². The van der Waals surface area contributed by atoms with E-state index >= 15 is 0 Å². The van der Waals surface area contributed by atoms with Crippen molar-refractivity contribution in [3.05, 3.63) is 42.1 Å². The van der Waals surface area contributed by atoms with Crippen LogP contribution in [0.3, 0.4) is 0 Å². The SMILES string of the molecule is CC1CCN(Cc2ccc3ncccc3c2)CC1N. The molecule has 1 saturated heterocycles. The lowest BCUT2D eigenvalue weighted by Gasteiger charge is -2.35. The first-order chi connectivity index (χ1) is 9.22. The fourth-order valence-electron chi connectivity index (χ4n) is 2.79. The minimum Gasteiger partial charge on any atom is -0.326 e. The predicted octanol–water partition coefficient (Wildman–Crippen LogP) is 2.40. The molecule has 1 aliphatic heterocycles. The maximum atomic E-state index is 6.16. The van der Waals surface area contributed by atoms with Crippen LogP contribution >= 0.6 is 0 Å². The molecule has 1 aromatic carbocycles. The molecule has 1 fully saturated rings. The first-order valence-electron chi connectivity index (χ1n) is 7.04. The van der Waals surface area contributed by atoms with E-state index in [1.807, 2.05) is 12.3 Å². The van der Waals surface area contributed by atoms with Crippen LogP contribution in [-0.2, 0) is 6.54 Å². The zero-order valence-electron chi connectivity index (χ0n) is 11.4. The average Bonchev–Trinajstić information content (AvgIpc) is 2.43. The van der Waals surface area contributed by atoms with Crippen molar-refractivity contribution in [1.82, 2.24) is 9.88 Å². The van der Waals surface area contributed by atoms with Crippen molar-refractivity contribution in [3.8, 4) is 0 Å². The maximum absolute atomic E-state index is 6.16. The molecule has 3 rings (SSSR count). The molecule has 1 aliphatic rings. The molecule has 0 radical (unpaired) electrons. The molecule has 2 N–H and O–H groups in total. The number of fused-ring (bicyclic) bond motifs is 1. The molecule has 2 unspecified atom stereocenters. The Bertz CT molecular complexity index is 567. The van der Waals surface area contributed by atoms with Crippen LogP contribution in [0.4, 0.5) is 0 Å². The van der Waals surface area contributed by atoms with E-state index in [2.05, 4.69) is 41.1 Å². The Morgan fingerprint density at radius 2 is 2.26 bits per heavy atom. The number of likely N-dealkylation sites (tertiary alicyclic amines) is 1. The standard InChI is InChI=1S/C16H21N3/c1-12-6-8-19(11-15(12)17)10-13-4-5-16-14(9-13)3-2-7-18-16/h2-5,7,9,12,15H,6,8,10-11,17H2,1H3. The van der Waals surface area contributed by atoms with E-state index < -0.39 is 0 Å². The summed E-state index contributed by atoms with van der Waals surface area (Å²) in [6.07, 6.45) is 3.04. The monoisotopic (exact) mass is 255 g/mol. The van der Waals surface area contributed by atoms with Crippen LogP contribution in [0.5, 0.6) is 0 Å². The highest BCUT2D eigenvalue weighted by Crippen LogP contribution is 2.19. The number of rotatable bonds is 2. The highest BCUT2D eigenvalue weighted by molar-refractivity contribution is 5.78. The molecule has 0 bridgehead atoms. The highest BCUT2D eigenvalue weighted by atomic mass is 15.1. The smallest absolute Gasteiger partial charge is 0.0702 e. The molecule has 3 nitrogen and oxygen atoms in total. The molecular weight excluding hydrogens is 234 g/mol. The third kappa shape index (κ3) is 2.77. The van der Waals surface area contributed by atoms with Crippen LogP contribution in [-0.4, -0.2) is 29.0 Å². The Kier molecular flexibility index (Phi) is 3.49.